The number of carbonyl (C=O) groups excluding carboxylic acids is 1. The van der Waals surface area contributed by atoms with Crippen LogP contribution in [-0.4, -0.2) is 49.6 Å². The Morgan fingerprint density at radius 3 is 2.88 bits per heavy atom. The van der Waals surface area contributed by atoms with E-state index in [4.69, 9.17) is 18.9 Å². The number of ether oxygens (including phenoxy) is 4. The van der Waals surface area contributed by atoms with E-state index in [2.05, 4.69) is 19.2 Å². The summed E-state index contributed by atoms with van der Waals surface area (Å²) in [6.45, 7) is 5.41. The summed E-state index contributed by atoms with van der Waals surface area (Å²) < 4.78 is 23.2. The summed E-state index contributed by atoms with van der Waals surface area (Å²) in [4.78, 5) is 12.3. The Labute approximate surface area is 154 Å². The summed E-state index contributed by atoms with van der Waals surface area (Å²) in [7, 11) is 0. The van der Waals surface area contributed by atoms with E-state index in [0.717, 1.165) is 37.0 Å². The Kier molecular flexibility index (Phi) is 4.80. The molecule has 4 rings (SSSR count). The highest BCUT2D eigenvalue weighted by molar-refractivity contribution is 5.78. The van der Waals surface area contributed by atoms with E-state index in [1.807, 2.05) is 18.2 Å². The number of amides is 1. The lowest BCUT2D eigenvalue weighted by atomic mass is 9.89. The minimum absolute atomic E-state index is 0.0117. The van der Waals surface area contributed by atoms with E-state index in [0.29, 0.717) is 19.0 Å². The van der Waals surface area contributed by atoms with Crippen LogP contribution < -0.4 is 14.8 Å². The van der Waals surface area contributed by atoms with E-state index in [1.54, 1.807) is 0 Å². The molecule has 1 saturated carbocycles. The second-order valence-electron chi connectivity index (χ2n) is 7.97. The fourth-order valence-corrected chi connectivity index (χ4v) is 4.11. The zero-order chi connectivity index (χ0) is 18.1. The monoisotopic (exact) mass is 361 g/mol. The summed E-state index contributed by atoms with van der Waals surface area (Å²) in [5.74, 6) is 1.29. The lowest BCUT2D eigenvalue weighted by molar-refractivity contribution is -0.158. The Balaban J connectivity index is 1.29. The Hall–Kier alpha value is -1.79. The predicted molar refractivity (Wildman–Crippen MR) is 95.6 cm³/mol. The van der Waals surface area contributed by atoms with E-state index in [1.165, 1.54) is 0 Å². The summed E-state index contributed by atoms with van der Waals surface area (Å²) in [6, 6.07) is 5.96. The minimum atomic E-state index is -0.231. The van der Waals surface area contributed by atoms with E-state index in [9.17, 15) is 4.79 Å². The van der Waals surface area contributed by atoms with Gasteiger partial charge in [0, 0.05) is 18.0 Å². The second-order valence-corrected chi connectivity index (χ2v) is 7.97. The third-order valence-corrected chi connectivity index (χ3v) is 5.26. The van der Waals surface area contributed by atoms with Crippen molar-refractivity contribution in [1.29, 1.82) is 0 Å². The molecule has 1 N–H and O–H groups in total. The number of hydrogen-bond donors (Lipinski definition) is 1. The van der Waals surface area contributed by atoms with Gasteiger partial charge in [0.05, 0.1) is 25.4 Å². The highest BCUT2D eigenvalue weighted by Crippen LogP contribution is 2.41. The third kappa shape index (κ3) is 3.81. The molecule has 0 aromatic heterocycles. The van der Waals surface area contributed by atoms with Crippen molar-refractivity contribution < 1.29 is 23.7 Å². The lowest BCUT2D eigenvalue weighted by Gasteiger charge is -2.39. The second kappa shape index (κ2) is 7.08. The molecule has 2 aliphatic heterocycles. The molecule has 1 aromatic rings. The van der Waals surface area contributed by atoms with Gasteiger partial charge in [-0.2, -0.15) is 0 Å². The smallest absolute Gasteiger partial charge is 0.258 e. The van der Waals surface area contributed by atoms with Crippen LogP contribution >= 0.6 is 0 Å². The molecular formula is C20H27NO5. The first kappa shape index (κ1) is 17.6. The lowest BCUT2D eigenvalue weighted by Crippen LogP contribution is -2.50. The fourth-order valence-electron chi connectivity index (χ4n) is 4.11. The summed E-state index contributed by atoms with van der Waals surface area (Å²) in [6.07, 6.45) is 3.75. The quantitative estimate of drug-likeness (QED) is 0.891. The average Bonchev–Trinajstić information content (AvgIpc) is 2.94. The molecule has 1 amide bonds. The van der Waals surface area contributed by atoms with Gasteiger partial charge in [-0.1, -0.05) is 12.1 Å². The van der Waals surface area contributed by atoms with Gasteiger partial charge in [0.25, 0.3) is 5.91 Å². The van der Waals surface area contributed by atoms with Crippen molar-refractivity contribution >= 4 is 5.91 Å². The zero-order valence-electron chi connectivity index (χ0n) is 15.5. The maximum Gasteiger partial charge on any atom is 0.258 e. The molecular weight excluding hydrogens is 334 g/mol. The minimum Gasteiger partial charge on any atom is -0.483 e. The van der Waals surface area contributed by atoms with Crippen molar-refractivity contribution in [3.05, 3.63) is 23.8 Å². The van der Waals surface area contributed by atoms with Gasteiger partial charge in [0.1, 0.15) is 5.60 Å². The normalized spacial score (nSPS) is 29.2. The van der Waals surface area contributed by atoms with Crippen LogP contribution in [0.5, 0.6) is 11.5 Å². The number of carbonyl (C=O) groups is 1. The highest BCUT2D eigenvalue weighted by Gasteiger charge is 2.35. The molecule has 3 unspecified atom stereocenters. The molecule has 1 aromatic carbocycles. The first-order chi connectivity index (χ1) is 12.5. The zero-order valence-corrected chi connectivity index (χ0v) is 15.5. The molecule has 142 valence electrons. The molecule has 0 bridgehead atoms. The third-order valence-electron chi connectivity index (χ3n) is 5.26. The molecule has 0 spiro atoms. The predicted octanol–water partition coefficient (Wildman–Crippen LogP) is 2.23. The molecule has 1 aliphatic carbocycles. The van der Waals surface area contributed by atoms with Gasteiger partial charge in [0.2, 0.25) is 0 Å². The van der Waals surface area contributed by atoms with Crippen LogP contribution in [0.4, 0.5) is 0 Å². The Morgan fingerprint density at radius 2 is 2.04 bits per heavy atom. The molecule has 2 fully saturated rings. The number of fused-ring (bicyclic) bond motifs is 2. The van der Waals surface area contributed by atoms with Gasteiger partial charge < -0.3 is 24.3 Å². The molecule has 6 nitrogen and oxygen atoms in total. The SMILES string of the molecule is CC1(C)Cc2cccc(OCC(=O)NC3CCC4OCCOC4C3)c2O1. The number of rotatable bonds is 4. The van der Waals surface area contributed by atoms with Gasteiger partial charge >= 0.3 is 0 Å². The van der Waals surface area contributed by atoms with Gasteiger partial charge in [-0.3, -0.25) is 4.79 Å². The van der Waals surface area contributed by atoms with Crippen LogP contribution in [0.1, 0.15) is 38.7 Å². The highest BCUT2D eigenvalue weighted by atomic mass is 16.6. The summed E-state index contributed by atoms with van der Waals surface area (Å²) in [5, 5.41) is 3.07. The molecule has 6 heteroatoms. The van der Waals surface area contributed by atoms with Gasteiger partial charge in [0.15, 0.2) is 18.1 Å². The van der Waals surface area contributed by atoms with Crippen molar-refractivity contribution in [2.75, 3.05) is 19.8 Å². The number of hydrogen-bond acceptors (Lipinski definition) is 5. The first-order valence-corrected chi connectivity index (χ1v) is 9.46. The largest absolute Gasteiger partial charge is 0.483 e. The van der Waals surface area contributed by atoms with Gasteiger partial charge in [-0.15, -0.1) is 0 Å². The van der Waals surface area contributed by atoms with Crippen LogP contribution in [0.25, 0.3) is 0 Å². The Morgan fingerprint density at radius 1 is 1.23 bits per heavy atom. The first-order valence-electron chi connectivity index (χ1n) is 9.46. The molecule has 3 aliphatic rings. The van der Waals surface area contributed by atoms with Crippen LogP contribution in [0, 0.1) is 0 Å². The molecule has 0 radical (unpaired) electrons. The Bertz CT molecular complexity index is 674. The van der Waals surface area contributed by atoms with Crippen LogP contribution in [0.15, 0.2) is 18.2 Å². The van der Waals surface area contributed by atoms with E-state index < -0.39 is 0 Å². The average molecular weight is 361 g/mol. The van der Waals surface area contributed by atoms with Gasteiger partial charge in [-0.25, -0.2) is 0 Å². The van der Waals surface area contributed by atoms with Crippen LogP contribution in [0.2, 0.25) is 0 Å². The number of para-hydroxylation sites is 1. The molecule has 1 saturated heterocycles. The maximum atomic E-state index is 12.3. The van der Waals surface area contributed by atoms with E-state index >= 15 is 0 Å². The van der Waals surface area contributed by atoms with Gasteiger partial charge in [-0.05, 0) is 39.2 Å². The van der Waals surface area contributed by atoms with Crippen molar-refractivity contribution in [3.63, 3.8) is 0 Å². The summed E-state index contributed by atoms with van der Waals surface area (Å²) in [5.41, 5.74) is 0.894. The number of nitrogens with one attached hydrogen (secondary N) is 1. The molecule has 26 heavy (non-hydrogen) atoms. The summed E-state index contributed by atoms with van der Waals surface area (Å²) >= 11 is 0. The van der Waals surface area contributed by atoms with E-state index in [-0.39, 0.29) is 36.4 Å². The topological polar surface area (TPSA) is 66.0 Å². The maximum absolute atomic E-state index is 12.3. The molecule has 2 heterocycles. The standard InChI is InChI=1S/C20H27NO5/c1-20(2)11-13-4-3-5-16(19(13)26-20)25-12-18(22)21-14-6-7-15-17(10-14)24-9-8-23-15/h3-5,14-15,17H,6-12H2,1-2H3,(H,21,22). The molecule has 3 atom stereocenters. The van der Waals surface area contributed by atoms with Crippen LogP contribution in [-0.2, 0) is 20.7 Å². The van der Waals surface area contributed by atoms with Crippen molar-refractivity contribution in [2.45, 2.75) is 63.4 Å². The van der Waals surface area contributed by atoms with Crippen molar-refractivity contribution in [2.24, 2.45) is 0 Å². The van der Waals surface area contributed by atoms with Crippen LogP contribution in [0.3, 0.4) is 0 Å². The van der Waals surface area contributed by atoms with Crippen molar-refractivity contribution in [3.8, 4) is 11.5 Å². The fraction of sp³-hybridized carbons (Fsp3) is 0.650. The van der Waals surface area contributed by atoms with Crippen molar-refractivity contribution in [1.82, 2.24) is 5.32 Å². The number of benzene rings is 1.